The molecule has 0 aliphatic rings. The molecule has 2 unspecified atom stereocenters. The minimum Gasteiger partial charge on any atom is -0.545 e. The van der Waals surface area contributed by atoms with Crippen molar-refractivity contribution in [2.24, 2.45) is 0 Å². The molecule has 0 aromatic heterocycles. The number of hydrogen-bond donors (Lipinski definition) is 5. The fraction of sp³-hybridized carbons (Fsp3) is 0.118. The normalized spacial score (nSPS) is 11.0. The molecule has 0 spiro atoms. The molecular weight excluding hydrogens is 369 g/mol. The van der Waals surface area contributed by atoms with E-state index < -0.39 is 30.1 Å². The average molecular weight is 387 g/mol. The van der Waals surface area contributed by atoms with Gasteiger partial charge in [0, 0.05) is 5.69 Å². The predicted molar refractivity (Wildman–Crippen MR) is 88.9 cm³/mol. The Bertz CT molecular complexity index is 679. The topological polar surface area (TPSA) is 181 Å². The van der Waals surface area contributed by atoms with Crippen molar-refractivity contribution in [3.8, 4) is 0 Å². The number of anilines is 1. The molecule has 2 aromatic carbocycles. The van der Waals surface area contributed by atoms with Gasteiger partial charge < -0.3 is 36.1 Å². The van der Waals surface area contributed by atoms with E-state index in [1.54, 1.807) is 18.2 Å². The first-order chi connectivity index (χ1) is 12.2. The number of aromatic carboxylic acids is 1. The summed E-state index contributed by atoms with van der Waals surface area (Å²) in [5.74, 6) is -4.67. The van der Waals surface area contributed by atoms with E-state index in [0.717, 1.165) is 5.69 Å². The first kappa shape index (κ1) is 26.8. The second-order valence-electron chi connectivity index (χ2n) is 4.63. The van der Waals surface area contributed by atoms with Gasteiger partial charge in [0.15, 0.2) is 12.2 Å². The van der Waals surface area contributed by atoms with Crippen molar-refractivity contribution in [2.75, 3.05) is 5.73 Å². The SMILES string of the molecule is Nc1ccccc1.O=C(O)C(O)C(O)C(=O)O.O=C([O-])c1ccccc1.[Na+]. The van der Waals surface area contributed by atoms with Crippen LogP contribution in [-0.4, -0.2) is 50.5 Å². The van der Waals surface area contributed by atoms with Gasteiger partial charge in [0.1, 0.15) is 0 Å². The summed E-state index contributed by atoms with van der Waals surface area (Å²) in [6.45, 7) is 0. The monoisotopic (exact) mass is 387 g/mol. The van der Waals surface area contributed by atoms with Gasteiger partial charge >= 0.3 is 41.5 Å². The van der Waals surface area contributed by atoms with E-state index in [9.17, 15) is 19.5 Å². The number of aliphatic carboxylic acids is 2. The summed E-state index contributed by atoms with van der Waals surface area (Å²) in [6.07, 6.45) is -4.53. The fourth-order valence-corrected chi connectivity index (χ4v) is 1.30. The van der Waals surface area contributed by atoms with Gasteiger partial charge in [-0.3, -0.25) is 0 Å². The third-order valence-electron chi connectivity index (χ3n) is 2.61. The van der Waals surface area contributed by atoms with E-state index in [1.165, 1.54) is 12.1 Å². The smallest absolute Gasteiger partial charge is 0.545 e. The van der Waals surface area contributed by atoms with Crippen LogP contribution in [0.5, 0.6) is 0 Å². The summed E-state index contributed by atoms with van der Waals surface area (Å²) >= 11 is 0. The van der Waals surface area contributed by atoms with Gasteiger partial charge in [-0.05, 0) is 17.7 Å². The largest absolute Gasteiger partial charge is 1.00 e. The molecular formula is C17H18NNaO8. The van der Waals surface area contributed by atoms with Crippen molar-refractivity contribution in [2.45, 2.75) is 12.2 Å². The van der Waals surface area contributed by atoms with Crippen molar-refractivity contribution in [1.82, 2.24) is 0 Å². The zero-order valence-corrected chi connectivity index (χ0v) is 16.4. The Balaban J connectivity index is 0. The molecule has 0 heterocycles. The van der Waals surface area contributed by atoms with Gasteiger partial charge in [-0.15, -0.1) is 0 Å². The first-order valence-electron chi connectivity index (χ1n) is 7.05. The number of carboxylic acid groups (broad SMARTS) is 3. The maximum absolute atomic E-state index is 10.1. The Morgan fingerprint density at radius 3 is 1.30 bits per heavy atom. The molecule has 0 aliphatic heterocycles. The van der Waals surface area contributed by atoms with E-state index in [1.807, 2.05) is 30.3 Å². The number of aliphatic hydroxyl groups is 2. The Morgan fingerprint density at radius 1 is 0.778 bits per heavy atom. The Hall–Kier alpha value is -2.43. The zero-order valence-electron chi connectivity index (χ0n) is 14.4. The van der Waals surface area contributed by atoms with Crippen LogP contribution in [0.3, 0.4) is 0 Å². The molecule has 0 fully saturated rings. The van der Waals surface area contributed by atoms with Crippen LogP contribution >= 0.6 is 0 Å². The Labute approximate surface area is 177 Å². The standard InChI is InChI=1S/C7H6O2.C6H7N.C4H6O6.Na/c8-7(9)6-4-2-1-3-5-6;7-6-4-2-1-3-5-6;5-1(3(7)8)2(6)4(9)10;/h1-5H,(H,8,9);1-5H,7H2;1-2,5-6H,(H,7,8)(H,9,10);/q;;;+1/p-1. The fourth-order valence-electron chi connectivity index (χ4n) is 1.30. The second-order valence-corrected chi connectivity index (χ2v) is 4.63. The van der Waals surface area contributed by atoms with E-state index in [2.05, 4.69) is 0 Å². The third kappa shape index (κ3) is 12.5. The quantitative estimate of drug-likeness (QED) is 0.259. The van der Waals surface area contributed by atoms with Gasteiger partial charge in [-0.25, -0.2) is 9.59 Å². The Kier molecular flexibility index (Phi) is 14.6. The van der Waals surface area contributed by atoms with Gasteiger partial charge in [0.25, 0.3) is 0 Å². The van der Waals surface area contributed by atoms with Crippen molar-refractivity contribution >= 4 is 23.6 Å². The van der Waals surface area contributed by atoms with Gasteiger partial charge in [-0.2, -0.15) is 0 Å². The van der Waals surface area contributed by atoms with E-state index in [-0.39, 0.29) is 35.1 Å². The summed E-state index contributed by atoms with van der Waals surface area (Å²) in [6, 6.07) is 17.6. The number of carboxylic acids is 3. The number of carbonyl (C=O) groups excluding carboxylic acids is 1. The number of nitrogen functional groups attached to an aromatic ring is 1. The minimum absolute atomic E-state index is 0. The number of carbonyl (C=O) groups is 3. The van der Waals surface area contributed by atoms with Crippen LogP contribution in [0, 0.1) is 0 Å². The maximum Gasteiger partial charge on any atom is 1.00 e. The molecule has 9 nitrogen and oxygen atoms in total. The number of benzene rings is 2. The molecule has 2 aromatic rings. The molecule has 0 amide bonds. The van der Waals surface area contributed by atoms with Crippen LogP contribution < -0.4 is 40.4 Å². The predicted octanol–water partition coefficient (Wildman–Crippen LogP) is -3.80. The van der Waals surface area contributed by atoms with Crippen molar-refractivity contribution in [3.63, 3.8) is 0 Å². The molecule has 27 heavy (non-hydrogen) atoms. The zero-order chi connectivity index (χ0) is 20.1. The summed E-state index contributed by atoms with van der Waals surface area (Å²) in [5, 5.41) is 42.6. The van der Waals surface area contributed by atoms with Crippen LogP contribution in [0.1, 0.15) is 10.4 Å². The van der Waals surface area contributed by atoms with Crippen LogP contribution in [0.4, 0.5) is 5.69 Å². The van der Waals surface area contributed by atoms with Crippen molar-refractivity contribution < 1.29 is 69.5 Å². The van der Waals surface area contributed by atoms with E-state index in [4.69, 9.17) is 26.2 Å². The number of aliphatic hydroxyl groups excluding tert-OH is 2. The summed E-state index contributed by atoms with van der Waals surface area (Å²) in [5.41, 5.74) is 6.40. The van der Waals surface area contributed by atoms with Crippen LogP contribution in [-0.2, 0) is 9.59 Å². The molecule has 6 N–H and O–H groups in total. The van der Waals surface area contributed by atoms with Crippen molar-refractivity contribution in [3.05, 3.63) is 66.2 Å². The third-order valence-corrected chi connectivity index (χ3v) is 2.61. The van der Waals surface area contributed by atoms with Gasteiger partial charge in [-0.1, -0.05) is 48.5 Å². The maximum atomic E-state index is 10.1. The summed E-state index contributed by atoms with van der Waals surface area (Å²) in [7, 11) is 0. The number of rotatable bonds is 4. The molecule has 0 saturated heterocycles. The molecule has 2 rings (SSSR count). The minimum atomic E-state index is -2.27. The molecule has 0 aliphatic carbocycles. The van der Waals surface area contributed by atoms with Gasteiger partial charge in [0.05, 0.1) is 5.97 Å². The van der Waals surface area contributed by atoms with Crippen LogP contribution in [0.25, 0.3) is 0 Å². The molecule has 0 bridgehead atoms. The molecule has 2 atom stereocenters. The van der Waals surface area contributed by atoms with Gasteiger partial charge in [0.2, 0.25) is 0 Å². The molecule has 0 saturated carbocycles. The number of para-hydroxylation sites is 1. The van der Waals surface area contributed by atoms with E-state index >= 15 is 0 Å². The molecule has 0 radical (unpaired) electrons. The number of hydrogen-bond acceptors (Lipinski definition) is 7. The van der Waals surface area contributed by atoms with Crippen LogP contribution in [0.2, 0.25) is 0 Å². The summed E-state index contributed by atoms with van der Waals surface area (Å²) in [4.78, 5) is 29.6. The Morgan fingerprint density at radius 2 is 1.11 bits per heavy atom. The van der Waals surface area contributed by atoms with E-state index in [0.29, 0.717) is 0 Å². The first-order valence-corrected chi connectivity index (χ1v) is 7.05. The van der Waals surface area contributed by atoms with Crippen LogP contribution in [0.15, 0.2) is 60.7 Å². The number of nitrogens with two attached hydrogens (primary N) is 1. The summed E-state index contributed by atoms with van der Waals surface area (Å²) < 4.78 is 0. The molecule has 10 heteroatoms. The average Bonchev–Trinajstić information content (AvgIpc) is 2.62. The second kappa shape index (κ2) is 14.7. The van der Waals surface area contributed by atoms with Crippen molar-refractivity contribution in [1.29, 1.82) is 0 Å². The molecule has 140 valence electrons.